The number of H-pyrrole nitrogens is 1. The van der Waals surface area contributed by atoms with Gasteiger partial charge in [-0.05, 0) is 50.8 Å². The lowest BCUT2D eigenvalue weighted by Gasteiger charge is -2.31. The number of likely N-dealkylation sites (tertiary alicyclic amines) is 1. The lowest BCUT2D eigenvalue weighted by Crippen LogP contribution is -2.51. The number of hydrogen-bond donors (Lipinski definition) is 3. The van der Waals surface area contributed by atoms with Crippen molar-refractivity contribution in [3.05, 3.63) is 41.3 Å². The largest absolute Gasteiger partial charge is 0.391 e. The fraction of sp³-hybridized carbons (Fsp3) is 0.483. The molecule has 6 rings (SSSR count). The Morgan fingerprint density at radius 2 is 1.81 bits per heavy atom. The zero-order valence-corrected chi connectivity index (χ0v) is 24.3. The number of halogens is 4. The number of carbonyl (C=O) groups excluding carboxylic acids is 2. The van der Waals surface area contributed by atoms with Crippen LogP contribution in [0.5, 0.6) is 0 Å². The number of aromatic nitrogens is 4. The molecule has 1 atom stereocenters. The van der Waals surface area contributed by atoms with Gasteiger partial charge >= 0.3 is 6.18 Å². The maximum atomic E-state index is 13.4. The molecule has 1 saturated carbocycles. The maximum Gasteiger partial charge on any atom is 0.391 e. The van der Waals surface area contributed by atoms with Crippen molar-refractivity contribution in [2.75, 3.05) is 38.0 Å². The molecule has 3 fully saturated rings. The molecule has 2 aromatic heterocycles. The maximum absolute atomic E-state index is 13.4. The van der Waals surface area contributed by atoms with Gasteiger partial charge in [0.15, 0.2) is 5.82 Å². The second kappa shape index (κ2) is 12.4. The van der Waals surface area contributed by atoms with E-state index in [1.807, 2.05) is 13.0 Å². The predicted octanol–water partition coefficient (Wildman–Crippen LogP) is 3.98. The van der Waals surface area contributed by atoms with Gasteiger partial charge in [0.1, 0.15) is 5.82 Å². The van der Waals surface area contributed by atoms with E-state index in [0.29, 0.717) is 53.7 Å². The molecule has 14 heteroatoms. The van der Waals surface area contributed by atoms with Crippen molar-refractivity contribution in [3.8, 4) is 11.8 Å². The van der Waals surface area contributed by atoms with E-state index in [0.717, 1.165) is 18.5 Å². The first kappa shape index (κ1) is 30.6. The first-order valence-electron chi connectivity index (χ1n) is 14.2. The molecule has 3 N–H and O–H groups in total. The van der Waals surface area contributed by atoms with Gasteiger partial charge in [-0.15, -0.1) is 12.4 Å². The monoisotopic (exact) mass is 616 g/mol. The number of nitrogens with one attached hydrogen (secondary N) is 3. The Kier molecular flexibility index (Phi) is 8.80. The summed E-state index contributed by atoms with van der Waals surface area (Å²) in [6.45, 7) is 3.83. The number of fused-ring (bicyclic) bond motifs is 1. The molecule has 2 saturated heterocycles. The molecule has 3 aromatic rings. The lowest BCUT2D eigenvalue weighted by atomic mass is 9.96. The number of amides is 2. The Balaban J connectivity index is 0.00000368. The molecule has 0 bridgehead atoms. The Labute approximate surface area is 252 Å². The number of anilines is 2. The van der Waals surface area contributed by atoms with E-state index in [2.05, 4.69) is 42.6 Å². The van der Waals surface area contributed by atoms with Crippen LogP contribution in [0.2, 0.25) is 0 Å². The van der Waals surface area contributed by atoms with Crippen LogP contribution in [-0.4, -0.2) is 86.7 Å². The SMILES string of the molecule is CC1CN(C(=O)c2nc(Nc3cc(C4CC4)[nH]n3)c3cc(C#CC(=O)N4CCC(C(F)(F)F)CC4)ccc3n2)CCN1.Cl. The molecule has 3 aliphatic rings. The van der Waals surface area contributed by atoms with Gasteiger partial charge in [-0.3, -0.25) is 14.7 Å². The third kappa shape index (κ3) is 7.02. The average Bonchev–Trinajstić information content (AvgIpc) is 3.73. The highest BCUT2D eigenvalue weighted by molar-refractivity contribution is 5.98. The fourth-order valence-electron chi connectivity index (χ4n) is 5.40. The van der Waals surface area contributed by atoms with Crippen LogP contribution < -0.4 is 10.6 Å². The quantitative estimate of drug-likeness (QED) is 0.380. The molecule has 1 unspecified atom stereocenters. The molecule has 0 radical (unpaired) electrons. The Morgan fingerprint density at radius 3 is 2.51 bits per heavy atom. The van der Waals surface area contributed by atoms with Crippen molar-refractivity contribution in [1.82, 2.24) is 35.3 Å². The summed E-state index contributed by atoms with van der Waals surface area (Å²) in [6, 6.07) is 7.21. The summed E-state index contributed by atoms with van der Waals surface area (Å²) >= 11 is 0. The van der Waals surface area contributed by atoms with Gasteiger partial charge in [0.2, 0.25) is 5.82 Å². The first-order valence-corrected chi connectivity index (χ1v) is 14.2. The van der Waals surface area contributed by atoms with E-state index in [1.54, 1.807) is 23.1 Å². The Hall–Kier alpha value is -3.89. The summed E-state index contributed by atoms with van der Waals surface area (Å²) in [6.07, 6.45) is -2.27. The summed E-state index contributed by atoms with van der Waals surface area (Å²) in [4.78, 5) is 38.2. The van der Waals surface area contributed by atoms with Crippen molar-refractivity contribution in [3.63, 3.8) is 0 Å². The number of piperidine rings is 1. The summed E-state index contributed by atoms with van der Waals surface area (Å²) in [7, 11) is 0. The van der Waals surface area contributed by atoms with Crippen molar-refractivity contribution < 1.29 is 22.8 Å². The van der Waals surface area contributed by atoms with Crippen molar-refractivity contribution in [2.24, 2.45) is 5.92 Å². The second-order valence-electron chi connectivity index (χ2n) is 11.2. The van der Waals surface area contributed by atoms with E-state index < -0.39 is 18.0 Å². The third-order valence-corrected chi connectivity index (χ3v) is 7.96. The molecule has 228 valence electrons. The van der Waals surface area contributed by atoms with Crippen molar-refractivity contribution in [2.45, 2.75) is 50.7 Å². The van der Waals surface area contributed by atoms with Crippen molar-refractivity contribution in [1.29, 1.82) is 0 Å². The summed E-state index contributed by atoms with van der Waals surface area (Å²) in [5.41, 5.74) is 2.05. The number of piperazine rings is 1. The molecular weight excluding hydrogens is 585 g/mol. The van der Waals surface area contributed by atoms with E-state index in [1.165, 1.54) is 4.90 Å². The number of alkyl halides is 3. The van der Waals surface area contributed by atoms with Crippen LogP contribution in [0, 0.1) is 17.8 Å². The van der Waals surface area contributed by atoms with Crippen LogP contribution in [0.4, 0.5) is 24.8 Å². The summed E-state index contributed by atoms with van der Waals surface area (Å²) in [5.74, 6) is 4.71. The number of hydrogen-bond acceptors (Lipinski definition) is 7. The smallest absolute Gasteiger partial charge is 0.333 e. The fourth-order valence-corrected chi connectivity index (χ4v) is 5.40. The summed E-state index contributed by atoms with van der Waals surface area (Å²) < 4.78 is 38.9. The molecule has 1 aromatic carbocycles. The third-order valence-electron chi connectivity index (χ3n) is 7.96. The predicted molar refractivity (Wildman–Crippen MR) is 156 cm³/mol. The highest BCUT2D eigenvalue weighted by Crippen LogP contribution is 2.40. The van der Waals surface area contributed by atoms with Crippen LogP contribution in [-0.2, 0) is 4.79 Å². The number of benzene rings is 1. The highest BCUT2D eigenvalue weighted by Gasteiger charge is 2.41. The van der Waals surface area contributed by atoms with Gasteiger partial charge in [0, 0.05) is 73.3 Å². The van der Waals surface area contributed by atoms with Crippen LogP contribution in [0.25, 0.3) is 10.9 Å². The molecule has 10 nitrogen and oxygen atoms in total. The normalized spacial score (nSPS) is 19.4. The molecule has 43 heavy (non-hydrogen) atoms. The highest BCUT2D eigenvalue weighted by atomic mass is 35.5. The molecular formula is C29H32ClF3N8O2. The minimum Gasteiger partial charge on any atom is -0.333 e. The Bertz CT molecular complexity index is 1570. The standard InChI is InChI=1S/C29H31F3N8O2.ClH/c1-17-16-40(13-10-33-17)28(42)27-34-22-6-2-18(3-7-25(41)39-11-8-20(9-12-39)29(30,31)32)14-21(22)26(36-27)35-24-15-23(37-38-24)19-4-5-19;/h2,6,14-15,17,19-20,33H,4-5,8-13,16H2,1H3,(H2,34,35,36,37,38);1H. The topological polar surface area (TPSA) is 119 Å². The summed E-state index contributed by atoms with van der Waals surface area (Å²) in [5, 5.41) is 14.5. The minimum absolute atomic E-state index is 0. The zero-order chi connectivity index (χ0) is 29.4. The lowest BCUT2D eigenvalue weighted by molar-refractivity contribution is -0.185. The number of rotatable bonds is 4. The van der Waals surface area contributed by atoms with E-state index in [-0.39, 0.29) is 56.1 Å². The molecule has 2 amide bonds. The van der Waals surface area contributed by atoms with Crippen LogP contribution in [0.1, 0.15) is 60.4 Å². The molecule has 4 heterocycles. The van der Waals surface area contributed by atoms with E-state index in [4.69, 9.17) is 0 Å². The van der Waals surface area contributed by atoms with E-state index in [9.17, 15) is 22.8 Å². The van der Waals surface area contributed by atoms with Gasteiger partial charge in [0.05, 0.1) is 11.4 Å². The van der Waals surface area contributed by atoms with Crippen LogP contribution in [0.3, 0.4) is 0 Å². The number of carbonyl (C=O) groups is 2. The van der Waals surface area contributed by atoms with Gasteiger partial charge in [-0.2, -0.15) is 18.3 Å². The molecule has 1 aliphatic carbocycles. The second-order valence-corrected chi connectivity index (χ2v) is 11.2. The van der Waals surface area contributed by atoms with Crippen LogP contribution in [0.15, 0.2) is 24.3 Å². The van der Waals surface area contributed by atoms with Gasteiger partial charge in [-0.25, -0.2) is 9.97 Å². The average molecular weight is 617 g/mol. The van der Waals surface area contributed by atoms with Crippen LogP contribution >= 0.6 is 12.4 Å². The Morgan fingerprint density at radius 1 is 1.05 bits per heavy atom. The molecule has 0 spiro atoms. The number of aromatic amines is 1. The van der Waals surface area contributed by atoms with Gasteiger partial charge < -0.3 is 20.4 Å². The van der Waals surface area contributed by atoms with Gasteiger partial charge in [0.25, 0.3) is 11.8 Å². The number of nitrogens with zero attached hydrogens (tertiary/aromatic N) is 5. The van der Waals surface area contributed by atoms with Gasteiger partial charge in [-0.1, -0.05) is 5.92 Å². The minimum atomic E-state index is -4.25. The molecule has 2 aliphatic heterocycles. The first-order chi connectivity index (χ1) is 20.1. The van der Waals surface area contributed by atoms with Crippen molar-refractivity contribution >= 4 is 46.8 Å². The zero-order valence-electron chi connectivity index (χ0n) is 23.5. The van der Waals surface area contributed by atoms with E-state index >= 15 is 0 Å².